The highest BCUT2D eigenvalue weighted by Gasteiger charge is 2.09. The zero-order chi connectivity index (χ0) is 13.8. The molecule has 2 aromatic rings. The van der Waals surface area contributed by atoms with Crippen molar-refractivity contribution in [1.29, 1.82) is 0 Å². The maximum Gasteiger partial charge on any atom is 0.209 e. The first kappa shape index (κ1) is 12.9. The summed E-state index contributed by atoms with van der Waals surface area (Å²) >= 11 is 0. The van der Waals surface area contributed by atoms with Gasteiger partial charge in [0.2, 0.25) is 5.95 Å². The first-order valence-corrected chi connectivity index (χ1v) is 6.00. The van der Waals surface area contributed by atoms with E-state index in [1.807, 2.05) is 30.3 Å². The average Bonchev–Trinajstić information content (AvgIpc) is 2.94. The number of imidazole rings is 1. The third-order valence-electron chi connectivity index (χ3n) is 2.99. The average molecular weight is 259 g/mol. The Morgan fingerprint density at radius 1 is 1.42 bits per heavy atom. The van der Waals surface area contributed by atoms with Gasteiger partial charge in [0.1, 0.15) is 0 Å². The summed E-state index contributed by atoms with van der Waals surface area (Å²) in [6.07, 6.45) is 3.72. The van der Waals surface area contributed by atoms with Crippen molar-refractivity contribution in [2.45, 2.75) is 13.5 Å². The van der Waals surface area contributed by atoms with Crippen molar-refractivity contribution in [3.8, 4) is 0 Å². The van der Waals surface area contributed by atoms with Crippen molar-refractivity contribution in [3.05, 3.63) is 42.2 Å². The molecule has 0 unspecified atom stereocenters. The molecule has 100 valence electrons. The number of nitrogens with zero attached hydrogens (tertiary/aromatic N) is 4. The van der Waals surface area contributed by atoms with Crippen LogP contribution in [0.15, 0.2) is 41.8 Å². The van der Waals surface area contributed by atoms with E-state index in [1.165, 1.54) is 0 Å². The molecule has 0 saturated heterocycles. The Morgan fingerprint density at radius 2 is 2.11 bits per heavy atom. The van der Waals surface area contributed by atoms with Crippen molar-refractivity contribution in [3.63, 3.8) is 0 Å². The number of nitrogens with two attached hydrogens (primary N) is 1. The third kappa shape index (κ3) is 2.52. The van der Waals surface area contributed by atoms with E-state index in [0.717, 1.165) is 18.2 Å². The van der Waals surface area contributed by atoms with Crippen LogP contribution in [0.25, 0.3) is 0 Å². The largest absolute Gasteiger partial charge is 0.409 e. The summed E-state index contributed by atoms with van der Waals surface area (Å²) in [5, 5.41) is 11.6. The minimum absolute atomic E-state index is 0.101. The molecule has 2 rings (SSSR count). The number of aromatic nitrogens is 2. The van der Waals surface area contributed by atoms with Gasteiger partial charge in [-0.15, -0.1) is 0 Å². The first-order valence-electron chi connectivity index (χ1n) is 6.00. The predicted molar refractivity (Wildman–Crippen MR) is 74.9 cm³/mol. The van der Waals surface area contributed by atoms with Crippen LogP contribution in [0.5, 0.6) is 0 Å². The lowest BCUT2D eigenvalue weighted by Gasteiger charge is -2.19. The Labute approximate surface area is 111 Å². The molecular weight excluding hydrogens is 242 g/mol. The van der Waals surface area contributed by atoms with E-state index in [-0.39, 0.29) is 5.84 Å². The van der Waals surface area contributed by atoms with Crippen molar-refractivity contribution < 1.29 is 5.21 Å². The second-order valence-electron chi connectivity index (χ2n) is 4.10. The smallest absolute Gasteiger partial charge is 0.209 e. The van der Waals surface area contributed by atoms with E-state index in [0.29, 0.717) is 5.56 Å². The van der Waals surface area contributed by atoms with Crippen molar-refractivity contribution >= 4 is 17.5 Å². The Bertz CT molecular complexity index is 573. The molecule has 1 aromatic carbocycles. The van der Waals surface area contributed by atoms with Gasteiger partial charge in [-0.1, -0.05) is 5.16 Å². The van der Waals surface area contributed by atoms with Gasteiger partial charge in [-0.05, 0) is 31.2 Å². The molecule has 3 N–H and O–H groups in total. The molecule has 0 spiro atoms. The molecule has 0 saturated carbocycles. The number of aryl methyl sites for hydroxylation is 1. The molecule has 0 atom stereocenters. The molecule has 6 nitrogen and oxygen atoms in total. The zero-order valence-corrected chi connectivity index (χ0v) is 11.0. The summed E-state index contributed by atoms with van der Waals surface area (Å²) in [4.78, 5) is 6.32. The fourth-order valence-corrected chi connectivity index (χ4v) is 1.88. The lowest BCUT2D eigenvalue weighted by atomic mass is 10.2. The molecule has 1 aromatic heterocycles. The van der Waals surface area contributed by atoms with Gasteiger partial charge in [0.25, 0.3) is 0 Å². The maximum absolute atomic E-state index is 8.62. The van der Waals surface area contributed by atoms with Crippen LogP contribution in [0.2, 0.25) is 0 Å². The standard InChI is InChI=1S/C13H17N5O/c1-3-18-9-8-15-13(18)17(2)11-6-4-10(5-7-11)12(14)16-19/h4-9,19H,3H2,1-2H3,(H2,14,16). The maximum atomic E-state index is 8.62. The lowest BCUT2D eigenvalue weighted by Crippen LogP contribution is -2.16. The normalized spacial score (nSPS) is 11.6. The minimum atomic E-state index is 0.101. The van der Waals surface area contributed by atoms with Gasteiger partial charge in [0.05, 0.1) is 0 Å². The molecule has 0 bridgehead atoms. The summed E-state index contributed by atoms with van der Waals surface area (Å²) < 4.78 is 2.05. The Morgan fingerprint density at radius 3 is 2.68 bits per heavy atom. The Hall–Kier alpha value is -2.50. The van der Waals surface area contributed by atoms with E-state index >= 15 is 0 Å². The van der Waals surface area contributed by atoms with Crippen LogP contribution in [0.4, 0.5) is 11.6 Å². The monoisotopic (exact) mass is 259 g/mol. The van der Waals surface area contributed by atoms with Gasteiger partial charge in [0.15, 0.2) is 5.84 Å². The second-order valence-corrected chi connectivity index (χ2v) is 4.10. The SMILES string of the molecule is CCn1ccnc1N(C)c1ccc(C(N)=NO)cc1. The van der Waals surface area contributed by atoms with E-state index in [1.54, 1.807) is 18.3 Å². The molecule has 0 amide bonds. The third-order valence-corrected chi connectivity index (χ3v) is 2.99. The van der Waals surface area contributed by atoms with E-state index in [9.17, 15) is 0 Å². The van der Waals surface area contributed by atoms with E-state index in [4.69, 9.17) is 10.9 Å². The van der Waals surface area contributed by atoms with Crippen LogP contribution >= 0.6 is 0 Å². The molecule has 0 aliphatic heterocycles. The van der Waals surface area contributed by atoms with Crippen LogP contribution in [0, 0.1) is 0 Å². The van der Waals surface area contributed by atoms with Crippen LogP contribution in [0.3, 0.4) is 0 Å². The van der Waals surface area contributed by atoms with E-state index < -0.39 is 0 Å². The highest BCUT2D eigenvalue weighted by atomic mass is 16.4. The molecule has 1 heterocycles. The number of hydrogen-bond donors (Lipinski definition) is 2. The van der Waals surface area contributed by atoms with Crippen molar-refractivity contribution in [1.82, 2.24) is 9.55 Å². The second kappa shape index (κ2) is 5.43. The van der Waals surface area contributed by atoms with Crippen molar-refractivity contribution in [2.24, 2.45) is 10.9 Å². The van der Waals surface area contributed by atoms with Gasteiger partial charge in [-0.2, -0.15) is 0 Å². The number of oxime groups is 1. The summed E-state index contributed by atoms with van der Waals surface area (Å²) in [5.74, 6) is 0.975. The van der Waals surface area contributed by atoms with Gasteiger partial charge in [-0.25, -0.2) is 4.98 Å². The van der Waals surface area contributed by atoms with Crippen LogP contribution in [0.1, 0.15) is 12.5 Å². The number of benzene rings is 1. The van der Waals surface area contributed by atoms with Crippen molar-refractivity contribution in [2.75, 3.05) is 11.9 Å². The molecule has 0 radical (unpaired) electrons. The number of hydrogen-bond acceptors (Lipinski definition) is 4. The summed E-state index contributed by atoms with van der Waals surface area (Å²) in [6.45, 7) is 2.93. The number of amidine groups is 1. The van der Waals surface area contributed by atoms with Gasteiger partial charge in [-0.3, -0.25) is 0 Å². The molecule has 6 heteroatoms. The molecule has 0 aliphatic rings. The van der Waals surface area contributed by atoms with Crippen LogP contribution < -0.4 is 10.6 Å². The predicted octanol–water partition coefficient (Wildman–Crippen LogP) is 1.77. The molecule has 0 fully saturated rings. The Balaban J connectivity index is 2.27. The highest BCUT2D eigenvalue weighted by molar-refractivity contribution is 5.97. The van der Waals surface area contributed by atoms with Crippen LogP contribution in [-0.4, -0.2) is 27.6 Å². The number of rotatable bonds is 4. The van der Waals surface area contributed by atoms with Crippen LogP contribution in [-0.2, 0) is 6.54 Å². The van der Waals surface area contributed by atoms with Gasteiger partial charge >= 0.3 is 0 Å². The topological polar surface area (TPSA) is 79.7 Å². The lowest BCUT2D eigenvalue weighted by molar-refractivity contribution is 0.318. The summed E-state index contributed by atoms with van der Waals surface area (Å²) in [6, 6.07) is 7.42. The molecule has 19 heavy (non-hydrogen) atoms. The number of anilines is 2. The quantitative estimate of drug-likeness (QED) is 0.379. The zero-order valence-electron chi connectivity index (χ0n) is 11.0. The fourth-order valence-electron chi connectivity index (χ4n) is 1.88. The summed E-state index contributed by atoms with van der Waals surface area (Å²) in [5.41, 5.74) is 7.19. The Kier molecular flexibility index (Phi) is 3.70. The highest BCUT2D eigenvalue weighted by Crippen LogP contribution is 2.22. The first-order chi connectivity index (χ1) is 9.17. The minimum Gasteiger partial charge on any atom is -0.409 e. The molecule has 0 aliphatic carbocycles. The van der Waals surface area contributed by atoms with Gasteiger partial charge in [0, 0.05) is 37.2 Å². The fraction of sp³-hybridized carbons (Fsp3) is 0.231. The summed E-state index contributed by atoms with van der Waals surface area (Å²) in [7, 11) is 1.95. The molecular formula is C13H17N5O. The van der Waals surface area contributed by atoms with E-state index in [2.05, 4.69) is 21.6 Å². The van der Waals surface area contributed by atoms with Gasteiger partial charge < -0.3 is 20.4 Å².